The summed E-state index contributed by atoms with van der Waals surface area (Å²) in [6, 6.07) is 10.1. The van der Waals surface area contributed by atoms with Crippen LogP contribution < -0.4 is 19.6 Å². The summed E-state index contributed by atoms with van der Waals surface area (Å²) in [6.07, 6.45) is 11.8. The van der Waals surface area contributed by atoms with Crippen LogP contribution in [0.4, 0.5) is 31.9 Å². The number of fused-ring (bicyclic) bond motifs is 2. The third-order valence-corrected chi connectivity index (χ3v) is 12.9. The lowest BCUT2D eigenvalue weighted by Crippen LogP contribution is -2.66. The molecule has 0 radical (unpaired) electrons. The molecule has 6 aliphatic rings. The topological polar surface area (TPSA) is 160 Å². The summed E-state index contributed by atoms with van der Waals surface area (Å²) in [6.45, 7) is 12.3. The predicted molar refractivity (Wildman–Crippen MR) is 224 cm³/mol. The van der Waals surface area contributed by atoms with E-state index in [1.807, 2.05) is 18.5 Å². The Hall–Kier alpha value is -6.40. The third kappa shape index (κ3) is 7.00. The Morgan fingerprint density at radius 3 is 1.53 bits per heavy atom. The van der Waals surface area contributed by atoms with E-state index in [2.05, 4.69) is 68.3 Å². The molecule has 2 unspecified atom stereocenters. The molecule has 0 aromatic carbocycles. The fourth-order valence-electron chi connectivity index (χ4n) is 9.39. The Kier molecular flexibility index (Phi) is 9.44. The SMILES string of the molecule is CC1c2cnc(-c3ncccn3)nc2CCN1c1cc(F)cc(N2CC3(COC3)C2)n1.CC1c2cnc(-c3ncccn3)nc2CCN1c1cc(N2CC3(COC3)C2)cc(F)n1. The molecule has 6 aliphatic heterocycles. The molecule has 316 valence electrons. The van der Waals surface area contributed by atoms with E-state index in [4.69, 9.17) is 24.4 Å². The fourth-order valence-corrected chi connectivity index (χ4v) is 9.39. The van der Waals surface area contributed by atoms with Crippen LogP contribution in [0.15, 0.2) is 73.6 Å². The van der Waals surface area contributed by atoms with Crippen molar-refractivity contribution in [3.63, 3.8) is 0 Å². The molecule has 2 atom stereocenters. The molecular formula is C44H44F2N14O2. The standard InChI is InChI=1S/2C22H22FN7O/c1-14-16-9-26-21(20-24-4-2-5-25-20)27-17(16)3-6-30(14)19-8-15(7-18(23)28-19)29-10-22(11-29)12-31-13-22;1-14-16-9-26-21(20-24-4-2-5-25-20)27-17(16)3-6-30(14)19-8-15(23)7-18(28-19)29-10-22(11-29)12-31-13-22/h2*2,4-5,7-9,14H,3,6,10-13H2,1H3. The predicted octanol–water partition coefficient (Wildman–Crippen LogP) is 4.86. The summed E-state index contributed by atoms with van der Waals surface area (Å²) in [5, 5.41) is 0. The second kappa shape index (κ2) is 15.2. The van der Waals surface area contributed by atoms with Gasteiger partial charge in [0.1, 0.15) is 23.3 Å². The maximum absolute atomic E-state index is 14.5. The molecule has 0 saturated carbocycles. The van der Waals surface area contributed by atoms with Crippen LogP contribution in [-0.4, -0.2) is 116 Å². The lowest BCUT2D eigenvalue weighted by molar-refractivity contribution is -0.127. The monoisotopic (exact) mass is 838 g/mol. The molecule has 0 bridgehead atoms. The lowest BCUT2D eigenvalue weighted by atomic mass is 9.78. The number of anilines is 4. The van der Waals surface area contributed by atoms with Crippen LogP contribution in [0.2, 0.25) is 0 Å². The molecule has 16 nitrogen and oxygen atoms in total. The molecule has 4 fully saturated rings. The molecule has 0 amide bonds. The normalized spacial score (nSPS) is 21.4. The second-order valence-corrected chi connectivity index (χ2v) is 17.3. The van der Waals surface area contributed by atoms with Gasteiger partial charge in [0, 0.05) is 130 Å². The van der Waals surface area contributed by atoms with Gasteiger partial charge in [0.15, 0.2) is 23.3 Å². The van der Waals surface area contributed by atoms with Gasteiger partial charge in [-0.05, 0) is 26.0 Å². The van der Waals surface area contributed by atoms with Crippen LogP contribution in [-0.2, 0) is 22.3 Å². The zero-order chi connectivity index (χ0) is 42.0. The zero-order valence-corrected chi connectivity index (χ0v) is 34.4. The van der Waals surface area contributed by atoms with Crippen LogP contribution in [0.1, 0.15) is 48.4 Å². The molecule has 0 N–H and O–H groups in total. The largest absolute Gasteiger partial charge is 0.380 e. The van der Waals surface area contributed by atoms with Gasteiger partial charge in [-0.1, -0.05) is 0 Å². The summed E-state index contributed by atoms with van der Waals surface area (Å²) < 4.78 is 39.6. The Morgan fingerprint density at radius 1 is 0.548 bits per heavy atom. The third-order valence-electron chi connectivity index (χ3n) is 12.9. The van der Waals surface area contributed by atoms with Crippen LogP contribution in [0.5, 0.6) is 0 Å². The highest BCUT2D eigenvalue weighted by atomic mass is 19.1. The van der Waals surface area contributed by atoms with Crippen molar-refractivity contribution in [2.45, 2.75) is 38.8 Å². The van der Waals surface area contributed by atoms with Crippen LogP contribution in [0, 0.1) is 22.6 Å². The fraction of sp³-hybridized carbons (Fsp3) is 0.409. The number of pyridine rings is 2. The van der Waals surface area contributed by atoms with Crippen molar-refractivity contribution in [2.24, 2.45) is 10.8 Å². The first-order valence-electron chi connectivity index (χ1n) is 21.0. The minimum Gasteiger partial charge on any atom is -0.380 e. The Morgan fingerprint density at radius 2 is 1.03 bits per heavy atom. The first kappa shape index (κ1) is 38.5. The van der Waals surface area contributed by atoms with Gasteiger partial charge in [0.05, 0.1) is 60.7 Å². The summed E-state index contributed by atoms with van der Waals surface area (Å²) in [5.74, 6) is 3.35. The quantitative estimate of drug-likeness (QED) is 0.209. The Labute approximate surface area is 356 Å². The second-order valence-electron chi connectivity index (χ2n) is 17.3. The number of hydrogen-bond acceptors (Lipinski definition) is 16. The maximum atomic E-state index is 14.5. The Balaban J connectivity index is 0.000000139. The van der Waals surface area contributed by atoms with E-state index in [0.29, 0.717) is 53.8 Å². The van der Waals surface area contributed by atoms with Gasteiger partial charge in [0.25, 0.3) is 0 Å². The zero-order valence-electron chi connectivity index (χ0n) is 34.4. The summed E-state index contributed by atoms with van der Waals surface area (Å²) in [7, 11) is 0. The van der Waals surface area contributed by atoms with E-state index in [9.17, 15) is 8.78 Å². The van der Waals surface area contributed by atoms with Crippen LogP contribution >= 0.6 is 0 Å². The smallest absolute Gasteiger partial charge is 0.216 e. The number of aromatic nitrogens is 10. The van der Waals surface area contributed by atoms with Gasteiger partial charge >= 0.3 is 0 Å². The van der Waals surface area contributed by atoms with Crippen LogP contribution in [0.3, 0.4) is 0 Å². The number of rotatable bonds is 6. The van der Waals surface area contributed by atoms with E-state index in [1.54, 1.807) is 36.9 Å². The molecule has 6 aromatic rings. The molecule has 12 rings (SSSR count). The van der Waals surface area contributed by atoms with Gasteiger partial charge in [0.2, 0.25) is 5.95 Å². The van der Waals surface area contributed by atoms with Crippen molar-refractivity contribution in [1.82, 2.24) is 49.8 Å². The van der Waals surface area contributed by atoms with Crippen LogP contribution in [0.25, 0.3) is 23.3 Å². The first-order chi connectivity index (χ1) is 30.2. The van der Waals surface area contributed by atoms with Crippen molar-refractivity contribution in [1.29, 1.82) is 0 Å². The van der Waals surface area contributed by atoms with Gasteiger partial charge in [-0.3, -0.25) is 0 Å². The first-order valence-corrected chi connectivity index (χ1v) is 21.0. The molecule has 0 aliphatic carbocycles. The highest BCUT2D eigenvalue weighted by Gasteiger charge is 2.50. The summed E-state index contributed by atoms with van der Waals surface area (Å²) >= 11 is 0. The average Bonchev–Trinajstić information content (AvgIpc) is 3.22. The Bertz CT molecular complexity index is 2440. The minimum atomic E-state index is -0.455. The van der Waals surface area contributed by atoms with Gasteiger partial charge in [-0.2, -0.15) is 4.39 Å². The van der Waals surface area contributed by atoms with E-state index in [1.165, 1.54) is 18.2 Å². The molecular weight excluding hydrogens is 795 g/mol. The summed E-state index contributed by atoms with van der Waals surface area (Å²) in [5.41, 5.74) is 5.41. The van der Waals surface area contributed by atoms with E-state index in [0.717, 1.165) is 93.7 Å². The molecule has 18 heteroatoms. The van der Waals surface area contributed by atoms with E-state index in [-0.39, 0.29) is 28.7 Å². The van der Waals surface area contributed by atoms with Crippen molar-refractivity contribution < 1.29 is 18.3 Å². The maximum Gasteiger partial charge on any atom is 0.216 e. The minimum absolute atomic E-state index is 0.0144. The highest BCUT2D eigenvalue weighted by Crippen LogP contribution is 2.43. The lowest BCUT2D eigenvalue weighted by Gasteiger charge is -2.56. The summed E-state index contributed by atoms with van der Waals surface area (Å²) in [4.78, 5) is 52.9. The number of nitrogens with zero attached hydrogens (tertiary/aromatic N) is 14. The highest BCUT2D eigenvalue weighted by molar-refractivity contribution is 5.60. The van der Waals surface area contributed by atoms with Gasteiger partial charge in [-0.25, -0.2) is 54.2 Å². The van der Waals surface area contributed by atoms with Crippen molar-refractivity contribution in [3.8, 4) is 23.3 Å². The molecule has 4 saturated heterocycles. The van der Waals surface area contributed by atoms with Crippen molar-refractivity contribution in [3.05, 3.63) is 108 Å². The number of ether oxygens (including phenoxy) is 2. The van der Waals surface area contributed by atoms with Gasteiger partial charge < -0.3 is 29.1 Å². The van der Waals surface area contributed by atoms with Crippen molar-refractivity contribution >= 4 is 23.1 Å². The number of hydrogen-bond donors (Lipinski definition) is 0. The molecule has 12 heterocycles. The number of halogens is 2. The van der Waals surface area contributed by atoms with Gasteiger partial charge in [-0.15, -0.1) is 0 Å². The molecule has 6 aromatic heterocycles. The van der Waals surface area contributed by atoms with E-state index < -0.39 is 5.95 Å². The average molecular weight is 839 g/mol. The molecule has 2 spiro atoms. The van der Waals surface area contributed by atoms with E-state index >= 15 is 0 Å². The molecule has 62 heavy (non-hydrogen) atoms. The van der Waals surface area contributed by atoms with Crippen molar-refractivity contribution in [2.75, 3.05) is 85.3 Å².